The minimum Gasteiger partial charge on any atom is -0.383 e. The summed E-state index contributed by atoms with van der Waals surface area (Å²) in [6.45, 7) is 2.08. The zero-order chi connectivity index (χ0) is 15.1. The van der Waals surface area contributed by atoms with Crippen molar-refractivity contribution in [2.45, 2.75) is 42.1 Å². The highest BCUT2D eigenvalue weighted by molar-refractivity contribution is 7.99. The highest BCUT2D eigenvalue weighted by Crippen LogP contribution is 2.39. The smallest absolute Gasteiger partial charge is 0.164 e. The molecule has 0 saturated heterocycles. The number of hydrogen-bond acceptors (Lipinski definition) is 5. The van der Waals surface area contributed by atoms with Crippen molar-refractivity contribution in [1.82, 2.24) is 19.7 Å². The number of fused-ring (bicyclic) bond motifs is 1. The van der Waals surface area contributed by atoms with Crippen LogP contribution in [0.25, 0.3) is 11.0 Å². The molecule has 0 unspecified atom stereocenters. The molecule has 0 atom stereocenters. The highest BCUT2D eigenvalue weighted by Gasteiger charge is 2.25. The fourth-order valence-electron chi connectivity index (χ4n) is 2.64. The maximum Gasteiger partial charge on any atom is 0.164 e. The molecule has 1 fully saturated rings. The number of nitrogen functional groups attached to an aromatic ring is 1. The second-order valence-electron chi connectivity index (χ2n) is 5.71. The molecule has 4 rings (SSSR count). The molecule has 0 radical (unpaired) electrons. The second kappa shape index (κ2) is 5.28. The van der Waals surface area contributed by atoms with E-state index in [9.17, 15) is 0 Å². The van der Waals surface area contributed by atoms with Gasteiger partial charge in [0.2, 0.25) is 0 Å². The Labute approximate surface area is 132 Å². The summed E-state index contributed by atoms with van der Waals surface area (Å²) in [5.41, 5.74) is 8.19. The van der Waals surface area contributed by atoms with Crippen molar-refractivity contribution in [2.75, 3.05) is 5.73 Å². The van der Waals surface area contributed by atoms with Crippen molar-refractivity contribution >= 4 is 28.6 Å². The first-order chi connectivity index (χ1) is 10.7. The molecular formula is C16H17N5S. The van der Waals surface area contributed by atoms with Crippen LogP contribution in [-0.2, 0) is 0 Å². The van der Waals surface area contributed by atoms with Crippen molar-refractivity contribution < 1.29 is 0 Å². The third kappa shape index (κ3) is 2.23. The number of rotatable bonds is 3. The van der Waals surface area contributed by atoms with Crippen molar-refractivity contribution in [3.8, 4) is 0 Å². The molecule has 1 saturated carbocycles. The quantitative estimate of drug-likeness (QED) is 0.800. The van der Waals surface area contributed by atoms with Gasteiger partial charge in [0.1, 0.15) is 17.2 Å². The van der Waals surface area contributed by atoms with Gasteiger partial charge in [-0.1, -0.05) is 29.5 Å². The van der Waals surface area contributed by atoms with Crippen LogP contribution in [0.4, 0.5) is 5.82 Å². The standard InChI is InChI=1S/C16H17N5S/c1-10-5-7-12(8-6-10)22-16-13-14(17)18-9-19-15(13)21(20-16)11-3-2-4-11/h5-9,11H,2-4H2,1H3,(H2,17,18,19). The SMILES string of the molecule is Cc1ccc(Sc2nn(C3CCC3)c3ncnc(N)c23)cc1. The van der Waals surface area contributed by atoms with Gasteiger partial charge in [-0.25, -0.2) is 14.6 Å². The zero-order valence-electron chi connectivity index (χ0n) is 12.4. The Morgan fingerprint density at radius 3 is 2.64 bits per heavy atom. The maximum absolute atomic E-state index is 6.09. The first-order valence-electron chi connectivity index (χ1n) is 7.45. The van der Waals surface area contributed by atoms with Gasteiger partial charge in [0.15, 0.2) is 5.65 Å². The monoisotopic (exact) mass is 311 g/mol. The molecule has 0 amide bonds. The third-order valence-corrected chi connectivity index (χ3v) is 5.13. The predicted octanol–water partition coefficient (Wildman–Crippen LogP) is 3.59. The van der Waals surface area contributed by atoms with Crippen molar-refractivity contribution in [3.05, 3.63) is 36.2 Å². The molecule has 2 aromatic heterocycles. The van der Waals surface area contributed by atoms with E-state index in [1.165, 1.54) is 18.3 Å². The van der Waals surface area contributed by atoms with E-state index >= 15 is 0 Å². The Kier molecular flexibility index (Phi) is 3.26. The van der Waals surface area contributed by atoms with E-state index < -0.39 is 0 Å². The molecule has 2 N–H and O–H groups in total. The number of aryl methyl sites for hydroxylation is 1. The summed E-state index contributed by atoms with van der Waals surface area (Å²) in [5.74, 6) is 0.505. The first-order valence-corrected chi connectivity index (χ1v) is 8.27. The van der Waals surface area contributed by atoms with Crippen LogP contribution >= 0.6 is 11.8 Å². The molecule has 2 heterocycles. The number of hydrogen-bond donors (Lipinski definition) is 1. The van der Waals surface area contributed by atoms with Gasteiger partial charge >= 0.3 is 0 Å². The molecule has 3 aromatic rings. The van der Waals surface area contributed by atoms with Crippen LogP contribution in [-0.4, -0.2) is 19.7 Å². The van der Waals surface area contributed by atoms with Gasteiger partial charge in [-0.05, 0) is 38.3 Å². The van der Waals surface area contributed by atoms with Crippen LogP contribution in [0.3, 0.4) is 0 Å². The molecule has 1 aliphatic carbocycles. The Hall–Kier alpha value is -2.08. The van der Waals surface area contributed by atoms with E-state index in [1.807, 2.05) is 4.68 Å². The largest absolute Gasteiger partial charge is 0.383 e. The van der Waals surface area contributed by atoms with Crippen LogP contribution in [0.15, 0.2) is 40.5 Å². The molecule has 0 aliphatic heterocycles. The van der Waals surface area contributed by atoms with Gasteiger partial charge in [-0.3, -0.25) is 0 Å². The summed E-state index contributed by atoms with van der Waals surface area (Å²) >= 11 is 1.62. The lowest BCUT2D eigenvalue weighted by molar-refractivity contribution is 0.293. The summed E-state index contributed by atoms with van der Waals surface area (Å²) in [5, 5.41) is 6.55. The van der Waals surface area contributed by atoms with Crippen molar-refractivity contribution in [1.29, 1.82) is 0 Å². The normalized spacial score (nSPS) is 15.1. The average Bonchev–Trinajstić information content (AvgIpc) is 2.80. The molecule has 6 heteroatoms. The first kappa shape index (κ1) is 13.6. The summed E-state index contributed by atoms with van der Waals surface area (Å²) in [4.78, 5) is 9.70. The van der Waals surface area contributed by atoms with E-state index in [0.717, 1.165) is 33.8 Å². The minimum absolute atomic E-state index is 0.448. The van der Waals surface area contributed by atoms with Crippen molar-refractivity contribution in [2.24, 2.45) is 0 Å². The average molecular weight is 311 g/mol. The van der Waals surface area contributed by atoms with Gasteiger partial charge in [-0.15, -0.1) is 0 Å². The van der Waals surface area contributed by atoms with Crippen LogP contribution in [0.2, 0.25) is 0 Å². The number of nitrogens with zero attached hydrogens (tertiary/aromatic N) is 4. The number of benzene rings is 1. The van der Waals surface area contributed by atoms with E-state index in [4.69, 9.17) is 10.8 Å². The van der Waals surface area contributed by atoms with Crippen LogP contribution in [0, 0.1) is 6.92 Å². The van der Waals surface area contributed by atoms with Gasteiger partial charge in [0.25, 0.3) is 0 Å². The topological polar surface area (TPSA) is 69.6 Å². The Balaban J connectivity index is 1.80. The summed E-state index contributed by atoms with van der Waals surface area (Å²) in [6.07, 6.45) is 5.10. The Morgan fingerprint density at radius 2 is 1.95 bits per heavy atom. The summed E-state index contributed by atoms with van der Waals surface area (Å²) in [6, 6.07) is 8.87. The molecule has 5 nitrogen and oxygen atoms in total. The molecule has 0 spiro atoms. The van der Waals surface area contributed by atoms with Gasteiger partial charge in [-0.2, -0.15) is 5.10 Å². The van der Waals surface area contributed by atoms with E-state index in [1.54, 1.807) is 11.8 Å². The van der Waals surface area contributed by atoms with E-state index in [-0.39, 0.29) is 0 Å². The van der Waals surface area contributed by atoms with Gasteiger partial charge < -0.3 is 5.73 Å². The van der Waals surface area contributed by atoms with E-state index in [2.05, 4.69) is 41.2 Å². The maximum atomic E-state index is 6.09. The highest BCUT2D eigenvalue weighted by atomic mass is 32.2. The molecule has 112 valence electrons. The lowest BCUT2D eigenvalue weighted by atomic mass is 9.93. The predicted molar refractivity (Wildman–Crippen MR) is 87.9 cm³/mol. The number of anilines is 1. The van der Waals surface area contributed by atoms with E-state index in [0.29, 0.717) is 11.9 Å². The van der Waals surface area contributed by atoms with Crippen LogP contribution < -0.4 is 5.73 Å². The molecule has 22 heavy (non-hydrogen) atoms. The summed E-state index contributed by atoms with van der Waals surface area (Å²) in [7, 11) is 0. The Bertz CT molecular complexity index is 820. The minimum atomic E-state index is 0.448. The fraction of sp³-hybridized carbons (Fsp3) is 0.312. The summed E-state index contributed by atoms with van der Waals surface area (Å²) < 4.78 is 2.04. The lowest BCUT2D eigenvalue weighted by Crippen LogP contribution is -2.18. The lowest BCUT2D eigenvalue weighted by Gasteiger charge is -2.25. The van der Waals surface area contributed by atoms with Crippen molar-refractivity contribution in [3.63, 3.8) is 0 Å². The molecule has 1 aliphatic rings. The third-order valence-electron chi connectivity index (χ3n) is 4.14. The van der Waals surface area contributed by atoms with Crippen LogP contribution in [0.1, 0.15) is 30.9 Å². The Morgan fingerprint density at radius 1 is 1.18 bits per heavy atom. The second-order valence-corrected chi connectivity index (χ2v) is 6.77. The molecule has 1 aromatic carbocycles. The van der Waals surface area contributed by atoms with Gasteiger partial charge in [0.05, 0.1) is 11.4 Å². The number of aromatic nitrogens is 4. The zero-order valence-corrected chi connectivity index (χ0v) is 13.2. The van der Waals surface area contributed by atoms with Crippen LogP contribution in [0.5, 0.6) is 0 Å². The number of nitrogens with two attached hydrogens (primary N) is 1. The van der Waals surface area contributed by atoms with Gasteiger partial charge in [0, 0.05) is 4.90 Å². The fourth-order valence-corrected chi connectivity index (χ4v) is 3.56. The molecular weight excluding hydrogens is 294 g/mol. The molecule has 0 bridgehead atoms.